The quantitative estimate of drug-likeness (QED) is 0.885. The van der Waals surface area contributed by atoms with E-state index in [1.807, 2.05) is 11.4 Å². The van der Waals surface area contributed by atoms with Crippen molar-refractivity contribution in [2.75, 3.05) is 50.0 Å². The molecule has 4 heterocycles. The number of carbonyl (C=O) groups is 2. The molecule has 2 aromatic heterocycles. The largest absolute Gasteiger partial charge is 0.318 e. The van der Waals surface area contributed by atoms with Crippen molar-refractivity contribution in [2.24, 2.45) is 0 Å². The third-order valence-electron chi connectivity index (χ3n) is 4.54. The summed E-state index contributed by atoms with van der Waals surface area (Å²) >= 11 is 1.33. The molecule has 2 amide bonds. The summed E-state index contributed by atoms with van der Waals surface area (Å²) < 4.78 is 0. The molecule has 0 atom stereocenters. The fraction of sp³-hybridized carbons (Fsp3) is 0.353. The second-order valence-corrected chi connectivity index (χ2v) is 7.19. The maximum absolute atomic E-state index is 13.1. The van der Waals surface area contributed by atoms with Gasteiger partial charge in [-0.05, 0) is 30.6 Å². The number of carbonyl (C=O) groups excluding carboxylic acids is 2. The van der Waals surface area contributed by atoms with E-state index < -0.39 is 0 Å². The highest BCUT2D eigenvalue weighted by molar-refractivity contribution is 7.12. The van der Waals surface area contributed by atoms with Gasteiger partial charge in [0.15, 0.2) is 5.82 Å². The molecule has 25 heavy (non-hydrogen) atoms. The topological polar surface area (TPSA) is 68.8 Å². The molecule has 2 aromatic rings. The molecular formula is C17H19N5O2S. The molecule has 0 saturated carbocycles. The first kappa shape index (κ1) is 16.2. The minimum atomic E-state index is -0.200. The summed E-state index contributed by atoms with van der Waals surface area (Å²) in [6.45, 7) is 3.93. The highest BCUT2D eigenvalue weighted by Crippen LogP contribution is 2.38. The molecule has 1 N–H and O–H groups in total. The van der Waals surface area contributed by atoms with Crippen LogP contribution >= 0.6 is 11.3 Å². The van der Waals surface area contributed by atoms with Crippen molar-refractivity contribution in [3.63, 3.8) is 0 Å². The summed E-state index contributed by atoms with van der Waals surface area (Å²) in [5, 5.41) is 4.68. The number of hydrogen-bond donors (Lipinski definition) is 1. The Kier molecular flexibility index (Phi) is 4.24. The lowest BCUT2D eigenvalue weighted by Gasteiger charge is -2.33. The number of fused-ring (bicyclic) bond motifs is 2. The molecule has 0 unspecified atom stereocenters. The van der Waals surface area contributed by atoms with Crippen LogP contribution in [0, 0.1) is 0 Å². The van der Waals surface area contributed by atoms with E-state index in [2.05, 4.69) is 27.1 Å². The summed E-state index contributed by atoms with van der Waals surface area (Å²) in [5.41, 5.74) is 1.17. The van der Waals surface area contributed by atoms with Gasteiger partial charge in [-0.25, -0.2) is 4.98 Å². The van der Waals surface area contributed by atoms with Crippen LogP contribution in [0.25, 0.3) is 0 Å². The fourth-order valence-electron chi connectivity index (χ4n) is 3.13. The first-order chi connectivity index (χ1) is 12.1. The van der Waals surface area contributed by atoms with Crippen molar-refractivity contribution in [3.8, 4) is 0 Å². The Balaban J connectivity index is 1.67. The Labute approximate surface area is 149 Å². The van der Waals surface area contributed by atoms with E-state index in [1.54, 1.807) is 23.2 Å². The monoisotopic (exact) mass is 357 g/mol. The van der Waals surface area contributed by atoms with Gasteiger partial charge >= 0.3 is 0 Å². The van der Waals surface area contributed by atoms with Gasteiger partial charge in [0.25, 0.3) is 5.91 Å². The van der Waals surface area contributed by atoms with Crippen molar-refractivity contribution in [1.29, 1.82) is 0 Å². The predicted molar refractivity (Wildman–Crippen MR) is 97.6 cm³/mol. The second-order valence-electron chi connectivity index (χ2n) is 6.27. The van der Waals surface area contributed by atoms with Crippen molar-refractivity contribution in [3.05, 3.63) is 34.7 Å². The van der Waals surface area contributed by atoms with Gasteiger partial charge in [0.05, 0.1) is 17.9 Å². The average molecular weight is 357 g/mol. The van der Waals surface area contributed by atoms with Crippen LogP contribution in [-0.2, 0) is 4.79 Å². The molecule has 1 fully saturated rings. The van der Waals surface area contributed by atoms with Crippen LogP contribution in [0.15, 0.2) is 29.8 Å². The number of aromatic nitrogens is 1. The van der Waals surface area contributed by atoms with Crippen LogP contribution in [0.2, 0.25) is 0 Å². The number of thiophene rings is 1. The van der Waals surface area contributed by atoms with Gasteiger partial charge in [-0.1, -0.05) is 0 Å². The molecule has 0 bridgehead atoms. The van der Waals surface area contributed by atoms with Gasteiger partial charge in [0.2, 0.25) is 5.91 Å². The number of anilines is 3. The molecule has 1 saturated heterocycles. The van der Waals surface area contributed by atoms with Crippen LogP contribution < -0.4 is 10.2 Å². The smallest absolute Gasteiger partial charge is 0.267 e. The first-order valence-corrected chi connectivity index (χ1v) is 9.09. The summed E-state index contributed by atoms with van der Waals surface area (Å²) in [4.78, 5) is 36.5. The third kappa shape index (κ3) is 3.04. The van der Waals surface area contributed by atoms with Gasteiger partial charge in [0, 0.05) is 32.4 Å². The number of piperazine rings is 1. The van der Waals surface area contributed by atoms with Gasteiger partial charge in [-0.2, -0.15) is 0 Å². The van der Waals surface area contributed by atoms with Gasteiger partial charge < -0.3 is 10.2 Å². The zero-order valence-electron chi connectivity index (χ0n) is 13.9. The molecule has 2 aliphatic heterocycles. The van der Waals surface area contributed by atoms with Gasteiger partial charge in [-0.15, -0.1) is 11.3 Å². The van der Waals surface area contributed by atoms with E-state index in [-0.39, 0.29) is 11.8 Å². The Bertz CT molecular complexity index is 813. The van der Waals surface area contributed by atoms with Crippen LogP contribution in [-0.4, -0.2) is 66.4 Å². The number of nitrogens with zero attached hydrogens (tertiary/aromatic N) is 4. The molecule has 0 spiro atoms. The standard InChI is InChI=1S/C17H19N5O2S/c1-20-6-8-21(9-7-20)11-14(23)22-13-4-10-25-15(13)17(24)19-12-3-2-5-18-16(12)22/h2-5,10H,6-9,11H2,1H3,(H,19,24). The number of pyridine rings is 1. The Morgan fingerprint density at radius 2 is 2.08 bits per heavy atom. The molecule has 7 nitrogen and oxygen atoms in total. The fourth-order valence-corrected chi connectivity index (χ4v) is 3.91. The molecule has 0 aliphatic carbocycles. The first-order valence-electron chi connectivity index (χ1n) is 8.21. The van der Waals surface area contributed by atoms with E-state index >= 15 is 0 Å². The van der Waals surface area contributed by atoms with Crippen LogP contribution in [0.5, 0.6) is 0 Å². The van der Waals surface area contributed by atoms with E-state index in [9.17, 15) is 9.59 Å². The zero-order valence-corrected chi connectivity index (χ0v) is 14.8. The maximum atomic E-state index is 13.1. The van der Waals surface area contributed by atoms with E-state index in [0.717, 1.165) is 26.2 Å². The summed E-state index contributed by atoms with van der Waals surface area (Å²) in [5.74, 6) is 0.210. The summed E-state index contributed by atoms with van der Waals surface area (Å²) in [7, 11) is 2.09. The Morgan fingerprint density at radius 1 is 1.28 bits per heavy atom. The highest BCUT2D eigenvalue weighted by Gasteiger charge is 2.32. The third-order valence-corrected chi connectivity index (χ3v) is 5.44. The van der Waals surface area contributed by atoms with Crippen LogP contribution in [0.3, 0.4) is 0 Å². The SMILES string of the molecule is CN1CCN(CC(=O)N2c3ccsc3C(=O)Nc3cccnc32)CC1. The van der Waals surface area contributed by atoms with Gasteiger partial charge in [0.1, 0.15) is 4.88 Å². The number of nitrogens with one attached hydrogen (secondary N) is 1. The van der Waals surface area contributed by atoms with Crippen LogP contribution in [0.1, 0.15) is 9.67 Å². The molecule has 0 aromatic carbocycles. The number of rotatable bonds is 2. The minimum absolute atomic E-state index is 0.0688. The zero-order chi connectivity index (χ0) is 17.4. The second kappa shape index (κ2) is 6.55. The van der Waals surface area contributed by atoms with E-state index in [4.69, 9.17) is 0 Å². The van der Waals surface area contributed by atoms with Crippen molar-refractivity contribution < 1.29 is 9.59 Å². The van der Waals surface area contributed by atoms with Crippen molar-refractivity contribution in [1.82, 2.24) is 14.8 Å². The minimum Gasteiger partial charge on any atom is -0.318 e. The summed E-state index contributed by atoms with van der Waals surface area (Å²) in [6, 6.07) is 5.33. The number of hydrogen-bond acceptors (Lipinski definition) is 6. The lowest BCUT2D eigenvalue weighted by molar-refractivity contribution is -0.119. The van der Waals surface area contributed by atoms with Crippen molar-refractivity contribution in [2.45, 2.75) is 0 Å². The molecule has 8 heteroatoms. The normalized spacial score (nSPS) is 18.3. The molecule has 130 valence electrons. The Hall–Kier alpha value is -2.29. The van der Waals surface area contributed by atoms with Crippen molar-refractivity contribution >= 4 is 40.3 Å². The average Bonchev–Trinajstić information content (AvgIpc) is 3.04. The van der Waals surface area contributed by atoms with E-state index in [1.165, 1.54) is 11.3 Å². The highest BCUT2D eigenvalue weighted by atomic mass is 32.1. The van der Waals surface area contributed by atoms with Gasteiger partial charge in [-0.3, -0.25) is 19.4 Å². The molecule has 4 rings (SSSR count). The summed E-state index contributed by atoms with van der Waals surface area (Å²) in [6.07, 6.45) is 1.64. The number of amides is 2. The predicted octanol–water partition coefficient (Wildman–Crippen LogP) is 1.62. The lowest BCUT2D eigenvalue weighted by atomic mass is 10.2. The van der Waals surface area contributed by atoms with Crippen LogP contribution in [0.4, 0.5) is 17.2 Å². The lowest BCUT2D eigenvalue weighted by Crippen LogP contribution is -2.48. The molecule has 0 radical (unpaired) electrons. The molecular weight excluding hydrogens is 338 g/mol. The molecule has 2 aliphatic rings. The Morgan fingerprint density at radius 3 is 2.88 bits per heavy atom. The number of likely N-dealkylation sites (N-methyl/N-ethyl adjacent to an activating group) is 1. The van der Waals surface area contributed by atoms with E-state index in [0.29, 0.717) is 28.6 Å². The maximum Gasteiger partial charge on any atom is 0.267 e.